The Hall–Kier alpha value is -2.07. The lowest BCUT2D eigenvalue weighted by molar-refractivity contribution is 0.0290. The number of morpholine rings is 1. The highest BCUT2D eigenvalue weighted by Crippen LogP contribution is 2.22. The largest absolute Gasteiger partial charge is 0.378 e. The van der Waals surface area contributed by atoms with E-state index in [1.54, 1.807) is 17.1 Å². The molecule has 3 heterocycles. The Bertz CT molecular complexity index is 508. The lowest BCUT2D eigenvalue weighted by atomic mass is 10.1. The molecule has 2 fully saturated rings. The molecule has 7 nitrogen and oxygen atoms in total. The van der Waals surface area contributed by atoms with Crippen molar-refractivity contribution in [2.75, 3.05) is 39.4 Å². The van der Waals surface area contributed by atoms with Crippen LogP contribution < -0.4 is 0 Å². The fourth-order valence-corrected chi connectivity index (χ4v) is 2.33. The molecule has 1 aromatic rings. The van der Waals surface area contributed by atoms with Gasteiger partial charge in [-0.3, -0.25) is 4.68 Å². The van der Waals surface area contributed by atoms with E-state index in [9.17, 15) is 4.79 Å². The Balaban J connectivity index is 1.54. The molecule has 2 amide bonds. The zero-order valence-electron chi connectivity index (χ0n) is 10.5. The predicted molar refractivity (Wildman–Crippen MR) is 65.3 cm³/mol. The molecule has 2 aliphatic heterocycles. The van der Waals surface area contributed by atoms with E-state index in [2.05, 4.69) is 11.2 Å². The van der Waals surface area contributed by atoms with Crippen LogP contribution in [0.15, 0.2) is 12.4 Å². The van der Waals surface area contributed by atoms with Gasteiger partial charge in [0.1, 0.15) is 6.07 Å². The molecule has 3 rings (SSSR count). The van der Waals surface area contributed by atoms with E-state index < -0.39 is 0 Å². The fourth-order valence-electron chi connectivity index (χ4n) is 2.33. The predicted octanol–water partition coefficient (Wildman–Crippen LogP) is 0.0637. The van der Waals surface area contributed by atoms with Gasteiger partial charge in [-0.25, -0.2) is 4.79 Å². The van der Waals surface area contributed by atoms with Crippen LogP contribution in [-0.2, 0) is 4.74 Å². The summed E-state index contributed by atoms with van der Waals surface area (Å²) in [5.41, 5.74) is 0.554. The van der Waals surface area contributed by atoms with Crippen molar-refractivity contribution in [3.8, 4) is 6.07 Å². The van der Waals surface area contributed by atoms with Gasteiger partial charge in [0.05, 0.1) is 31.0 Å². The van der Waals surface area contributed by atoms with E-state index >= 15 is 0 Å². The third-order valence-electron chi connectivity index (χ3n) is 3.52. The van der Waals surface area contributed by atoms with Crippen molar-refractivity contribution in [2.24, 2.45) is 0 Å². The van der Waals surface area contributed by atoms with Crippen molar-refractivity contribution in [2.45, 2.75) is 6.04 Å². The van der Waals surface area contributed by atoms with Crippen molar-refractivity contribution in [3.63, 3.8) is 0 Å². The molecule has 2 aliphatic rings. The number of urea groups is 1. The van der Waals surface area contributed by atoms with Gasteiger partial charge in [0.25, 0.3) is 0 Å². The zero-order chi connectivity index (χ0) is 13.2. The van der Waals surface area contributed by atoms with Gasteiger partial charge in [0, 0.05) is 32.4 Å². The monoisotopic (exact) mass is 261 g/mol. The first-order valence-electron chi connectivity index (χ1n) is 6.34. The standard InChI is InChI=1S/C12H15N5O2/c13-5-10-6-14-17(7-10)11-8-16(9-11)12(18)15-1-3-19-4-2-15/h6-7,11H,1-4,8-9H2. The normalized spacial score (nSPS) is 19.9. The lowest BCUT2D eigenvalue weighted by Crippen LogP contribution is -2.57. The second-order valence-corrected chi connectivity index (χ2v) is 4.76. The van der Waals surface area contributed by atoms with Crippen LogP contribution in [0.3, 0.4) is 0 Å². The van der Waals surface area contributed by atoms with Gasteiger partial charge in [-0.2, -0.15) is 10.4 Å². The highest BCUT2D eigenvalue weighted by Gasteiger charge is 2.35. The molecule has 0 bridgehead atoms. The zero-order valence-corrected chi connectivity index (χ0v) is 10.5. The third kappa shape index (κ3) is 2.27. The van der Waals surface area contributed by atoms with E-state index in [0.717, 1.165) is 0 Å². The first-order chi connectivity index (χ1) is 9.28. The summed E-state index contributed by atoms with van der Waals surface area (Å²) in [5, 5.41) is 12.9. The van der Waals surface area contributed by atoms with E-state index in [1.165, 1.54) is 0 Å². The molecule has 0 aliphatic carbocycles. The second kappa shape index (κ2) is 4.90. The molecule has 7 heteroatoms. The molecule has 0 N–H and O–H groups in total. The summed E-state index contributed by atoms with van der Waals surface area (Å²) in [5.74, 6) is 0. The number of nitrogens with zero attached hydrogens (tertiary/aromatic N) is 5. The number of likely N-dealkylation sites (tertiary alicyclic amines) is 1. The number of rotatable bonds is 1. The number of aromatic nitrogens is 2. The summed E-state index contributed by atoms with van der Waals surface area (Å²) in [6, 6.07) is 2.31. The van der Waals surface area contributed by atoms with Gasteiger partial charge < -0.3 is 14.5 Å². The van der Waals surface area contributed by atoms with E-state index in [0.29, 0.717) is 45.0 Å². The molecule has 2 saturated heterocycles. The Labute approximate surface area is 110 Å². The van der Waals surface area contributed by atoms with Crippen molar-refractivity contribution < 1.29 is 9.53 Å². The minimum absolute atomic E-state index is 0.0761. The van der Waals surface area contributed by atoms with Gasteiger partial charge in [-0.15, -0.1) is 0 Å². The number of hydrogen-bond acceptors (Lipinski definition) is 4. The topological polar surface area (TPSA) is 74.4 Å². The molecule has 100 valence electrons. The van der Waals surface area contributed by atoms with Crippen LogP contribution >= 0.6 is 0 Å². The maximum Gasteiger partial charge on any atom is 0.320 e. The van der Waals surface area contributed by atoms with E-state index in [-0.39, 0.29) is 12.1 Å². The van der Waals surface area contributed by atoms with E-state index in [4.69, 9.17) is 10.00 Å². The number of carbonyl (C=O) groups excluding carboxylic acids is 1. The molecule has 0 aromatic carbocycles. The number of hydrogen-bond donors (Lipinski definition) is 0. The van der Waals surface area contributed by atoms with Crippen LogP contribution in [-0.4, -0.2) is 65.0 Å². The molecule has 19 heavy (non-hydrogen) atoms. The third-order valence-corrected chi connectivity index (χ3v) is 3.52. The molecule has 0 atom stereocenters. The molecule has 0 radical (unpaired) electrons. The summed E-state index contributed by atoms with van der Waals surface area (Å²) < 4.78 is 7.00. The smallest absolute Gasteiger partial charge is 0.320 e. The summed E-state index contributed by atoms with van der Waals surface area (Å²) in [6.07, 6.45) is 3.27. The molecule has 0 saturated carbocycles. The fraction of sp³-hybridized carbons (Fsp3) is 0.583. The van der Waals surface area contributed by atoms with Gasteiger partial charge in [0.15, 0.2) is 0 Å². The quantitative estimate of drug-likeness (QED) is 0.716. The van der Waals surface area contributed by atoms with Gasteiger partial charge >= 0.3 is 6.03 Å². The average Bonchev–Trinajstić information content (AvgIpc) is 2.86. The van der Waals surface area contributed by atoms with Crippen LogP contribution in [0.5, 0.6) is 0 Å². The first-order valence-corrected chi connectivity index (χ1v) is 6.34. The maximum absolute atomic E-state index is 12.1. The summed E-state index contributed by atoms with van der Waals surface area (Å²) >= 11 is 0. The SMILES string of the molecule is N#Cc1cnn(C2CN(C(=O)N3CCOCC3)C2)c1. The average molecular weight is 261 g/mol. The summed E-state index contributed by atoms with van der Waals surface area (Å²) in [7, 11) is 0. The van der Waals surface area contributed by atoms with Crippen LogP contribution in [0.2, 0.25) is 0 Å². The van der Waals surface area contributed by atoms with Crippen LogP contribution in [0, 0.1) is 11.3 Å². The maximum atomic E-state index is 12.1. The van der Waals surface area contributed by atoms with Crippen LogP contribution in [0.4, 0.5) is 4.79 Å². The second-order valence-electron chi connectivity index (χ2n) is 4.76. The van der Waals surface area contributed by atoms with Gasteiger partial charge in [0.2, 0.25) is 0 Å². The van der Waals surface area contributed by atoms with Crippen molar-refractivity contribution in [1.29, 1.82) is 5.26 Å². The molecule has 0 spiro atoms. The number of ether oxygens (including phenoxy) is 1. The Morgan fingerprint density at radius 1 is 1.37 bits per heavy atom. The number of carbonyl (C=O) groups is 1. The minimum Gasteiger partial charge on any atom is -0.378 e. The van der Waals surface area contributed by atoms with Crippen LogP contribution in [0.1, 0.15) is 11.6 Å². The summed E-state index contributed by atoms with van der Waals surface area (Å²) in [6.45, 7) is 3.88. The molecular formula is C12H15N5O2. The molecule has 1 aromatic heterocycles. The number of nitriles is 1. The van der Waals surface area contributed by atoms with E-state index in [1.807, 2.05) is 9.80 Å². The number of amides is 2. The highest BCUT2D eigenvalue weighted by atomic mass is 16.5. The highest BCUT2D eigenvalue weighted by molar-refractivity contribution is 5.75. The van der Waals surface area contributed by atoms with Crippen LogP contribution in [0.25, 0.3) is 0 Å². The molecular weight excluding hydrogens is 246 g/mol. The Morgan fingerprint density at radius 2 is 2.11 bits per heavy atom. The molecule has 0 unspecified atom stereocenters. The van der Waals surface area contributed by atoms with Gasteiger partial charge in [-0.1, -0.05) is 0 Å². The van der Waals surface area contributed by atoms with Gasteiger partial charge in [-0.05, 0) is 0 Å². The lowest BCUT2D eigenvalue weighted by Gasteiger charge is -2.42. The van der Waals surface area contributed by atoms with Crippen molar-refractivity contribution >= 4 is 6.03 Å². The Kier molecular flexibility index (Phi) is 3.09. The van der Waals surface area contributed by atoms with Crippen molar-refractivity contribution in [3.05, 3.63) is 18.0 Å². The Morgan fingerprint density at radius 3 is 2.74 bits per heavy atom. The first kappa shape index (κ1) is 12.0. The summed E-state index contributed by atoms with van der Waals surface area (Å²) in [4.78, 5) is 15.8. The van der Waals surface area contributed by atoms with Crippen molar-refractivity contribution in [1.82, 2.24) is 19.6 Å². The minimum atomic E-state index is 0.0761.